The lowest BCUT2D eigenvalue weighted by Gasteiger charge is -2.24. The minimum atomic E-state index is -0.376. The Labute approximate surface area is 154 Å². The third-order valence-electron chi connectivity index (χ3n) is 4.73. The van der Waals surface area contributed by atoms with Crippen LogP contribution in [0.5, 0.6) is 17.4 Å². The van der Waals surface area contributed by atoms with Gasteiger partial charge in [-0.2, -0.15) is 5.26 Å². The average molecular weight is 358 g/mol. The molecule has 0 saturated carbocycles. The zero-order valence-corrected chi connectivity index (χ0v) is 14.1. The maximum absolute atomic E-state index is 9.71. The van der Waals surface area contributed by atoms with Crippen LogP contribution in [-0.2, 0) is 0 Å². The highest BCUT2D eigenvalue weighted by Gasteiger charge is 2.35. The van der Waals surface area contributed by atoms with Crippen LogP contribution < -0.4 is 19.9 Å². The average Bonchev–Trinajstić information content (AvgIpc) is 3.33. The first-order valence-electron chi connectivity index (χ1n) is 8.37. The number of aromatic nitrogens is 2. The standard InChI is InChI=1S/C20H14N4O3/c21-9-13-16(11-4-2-1-3-5-11)17-18(23-24-20(17)27-19(13)22)12-6-7-14-15(8-12)26-10-25-14/h1-8,16H,10,22H2,(H,23,24). The maximum Gasteiger partial charge on any atom is 0.244 e. The highest BCUT2D eigenvalue weighted by atomic mass is 16.7. The molecule has 3 aromatic rings. The molecule has 3 N–H and O–H groups in total. The number of fused-ring (bicyclic) bond motifs is 2. The first kappa shape index (κ1) is 15.3. The summed E-state index contributed by atoms with van der Waals surface area (Å²) in [6.45, 7) is 0.202. The number of hydrogen-bond acceptors (Lipinski definition) is 6. The van der Waals surface area contributed by atoms with Crippen molar-refractivity contribution >= 4 is 0 Å². The number of nitrogens with one attached hydrogen (secondary N) is 1. The van der Waals surface area contributed by atoms with Crippen molar-refractivity contribution in [2.75, 3.05) is 6.79 Å². The molecule has 2 aromatic carbocycles. The lowest BCUT2D eigenvalue weighted by atomic mass is 9.83. The van der Waals surface area contributed by atoms with Crippen LogP contribution in [0.3, 0.4) is 0 Å². The number of nitrogens with zero attached hydrogens (tertiary/aromatic N) is 2. The zero-order chi connectivity index (χ0) is 18.4. The zero-order valence-electron chi connectivity index (χ0n) is 14.1. The molecule has 0 aliphatic carbocycles. The molecule has 0 fully saturated rings. The normalized spacial score (nSPS) is 17.2. The third-order valence-corrected chi connectivity index (χ3v) is 4.73. The van der Waals surface area contributed by atoms with E-state index in [2.05, 4.69) is 16.3 Å². The molecule has 2 aliphatic rings. The molecule has 27 heavy (non-hydrogen) atoms. The van der Waals surface area contributed by atoms with Crippen LogP contribution in [0.15, 0.2) is 60.0 Å². The summed E-state index contributed by atoms with van der Waals surface area (Å²) in [5, 5.41) is 17.0. The number of nitriles is 1. The Kier molecular flexibility index (Phi) is 3.30. The van der Waals surface area contributed by atoms with E-state index in [1.165, 1.54) is 0 Å². The van der Waals surface area contributed by atoms with Gasteiger partial charge in [-0.05, 0) is 23.8 Å². The van der Waals surface area contributed by atoms with E-state index in [0.717, 1.165) is 22.4 Å². The fourth-order valence-corrected chi connectivity index (χ4v) is 3.50. The van der Waals surface area contributed by atoms with E-state index >= 15 is 0 Å². The first-order chi connectivity index (χ1) is 13.3. The highest BCUT2D eigenvalue weighted by molar-refractivity contribution is 5.73. The van der Waals surface area contributed by atoms with Gasteiger partial charge in [0.1, 0.15) is 11.6 Å². The summed E-state index contributed by atoms with van der Waals surface area (Å²) in [4.78, 5) is 0. The molecule has 7 heteroatoms. The van der Waals surface area contributed by atoms with E-state index in [1.807, 2.05) is 48.5 Å². The van der Waals surface area contributed by atoms with Gasteiger partial charge in [-0.3, -0.25) is 5.10 Å². The van der Waals surface area contributed by atoms with Crippen LogP contribution in [0.2, 0.25) is 0 Å². The molecular weight excluding hydrogens is 344 g/mol. The van der Waals surface area contributed by atoms with Crippen LogP contribution >= 0.6 is 0 Å². The number of nitrogens with two attached hydrogens (primary N) is 1. The van der Waals surface area contributed by atoms with Gasteiger partial charge < -0.3 is 19.9 Å². The van der Waals surface area contributed by atoms with E-state index in [1.54, 1.807) is 0 Å². The topological polar surface area (TPSA) is 106 Å². The van der Waals surface area contributed by atoms with E-state index in [-0.39, 0.29) is 18.6 Å². The second-order valence-electron chi connectivity index (χ2n) is 6.22. The lowest BCUT2D eigenvalue weighted by molar-refractivity contribution is 0.174. The summed E-state index contributed by atoms with van der Waals surface area (Å²) < 4.78 is 16.5. The quantitative estimate of drug-likeness (QED) is 0.729. The van der Waals surface area contributed by atoms with E-state index < -0.39 is 0 Å². The molecule has 0 spiro atoms. The van der Waals surface area contributed by atoms with Crippen LogP contribution in [0.25, 0.3) is 11.3 Å². The van der Waals surface area contributed by atoms with Crippen LogP contribution in [-0.4, -0.2) is 17.0 Å². The van der Waals surface area contributed by atoms with Crippen molar-refractivity contribution in [2.45, 2.75) is 5.92 Å². The molecule has 132 valence electrons. The SMILES string of the molecule is N#CC1=C(N)Oc2n[nH]c(-c3ccc4c(c3)OCO4)c2C1c1ccccc1. The fourth-order valence-electron chi connectivity index (χ4n) is 3.50. The summed E-state index contributed by atoms with van der Waals surface area (Å²) >= 11 is 0. The molecule has 0 bridgehead atoms. The van der Waals surface area contributed by atoms with E-state index in [9.17, 15) is 5.26 Å². The van der Waals surface area contributed by atoms with E-state index in [4.69, 9.17) is 19.9 Å². The Morgan fingerprint density at radius 2 is 1.93 bits per heavy atom. The summed E-state index contributed by atoms with van der Waals surface area (Å²) in [5.74, 6) is 1.43. The number of allylic oxidation sites excluding steroid dienone is 1. The van der Waals surface area contributed by atoms with Gasteiger partial charge in [-0.1, -0.05) is 30.3 Å². The van der Waals surface area contributed by atoms with E-state index in [0.29, 0.717) is 23.0 Å². The summed E-state index contributed by atoms with van der Waals surface area (Å²) in [6, 6.07) is 17.5. The summed E-state index contributed by atoms with van der Waals surface area (Å²) in [7, 11) is 0. The van der Waals surface area contributed by atoms with Crippen LogP contribution in [0.4, 0.5) is 0 Å². The summed E-state index contributed by atoms with van der Waals surface area (Å²) in [5.41, 5.74) is 9.67. The van der Waals surface area contributed by atoms with Crippen molar-refractivity contribution in [3.63, 3.8) is 0 Å². The second kappa shape index (κ2) is 5.81. The molecule has 1 aromatic heterocycles. The molecule has 0 amide bonds. The predicted molar refractivity (Wildman–Crippen MR) is 95.9 cm³/mol. The van der Waals surface area contributed by atoms with Crippen molar-refractivity contribution in [1.82, 2.24) is 10.2 Å². The Balaban J connectivity index is 1.71. The Morgan fingerprint density at radius 1 is 1.11 bits per heavy atom. The number of ether oxygens (including phenoxy) is 3. The number of rotatable bonds is 2. The van der Waals surface area contributed by atoms with Crippen molar-refractivity contribution < 1.29 is 14.2 Å². The van der Waals surface area contributed by atoms with Gasteiger partial charge in [0.25, 0.3) is 0 Å². The molecule has 5 rings (SSSR count). The minimum Gasteiger partial charge on any atom is -0.454 e. The van der Waals surface area contributed by atoms with Gasteiger partial charge >= 0.3 is 0 Å². The lowest BCUT2D eigenvalue weighted by Crippen LogP contribution is -2.20. The predicted octanol–water partition coefficient (Wildman–Crippen LogP) is 3.02. The summed E-state index contributed by atoms with van der Waals surface area (Å²) in [6.07, 6.45) is 0. The molecule has 2 aliphatic heterocycles. The molecule has 1 unspecified atom stereocenters. The smallest absolute Gasteiger partial charge is 0.244 e. The van der Waals surface area contributed by atoms with Gasteiger partial charge in [0.05, 0.1) is 17.2 Å². The fraction of sp³-hybridized carbons (Fsp3) is 0.100. The van der Waals surface area contributed by atoms with Crippen molar-refractivity contribution in [3.8, 4) is 34.7 Å². The van der Waals surface area contributed by atoms with Crippen LogP contribution in [0, 0.1) is 11.3 Å². The van der Waals surface area contributed by atoms with Crippen molar-refractivity contribution in [1.29, 1.82) is 5.26 Å². The monoisotopic (exact) mass is 358 g/mol. The molecule has 1 atom stereocenters. The van der Waals surface area contributed by atoms with Gasteiger partial charge in [0.2, 0.25) is 18.6 Å². The van der Waals surface area contributed by atoms with Gasteiger partial charge in [0, 0.05) is 5.56 Å². The largest absolute Gasteiger partial charge is 0.454 e. The van der Waals surface area contributed by atoms with Crippen molar-refractivity contribution in [2.24, 2.45) is 5.73 Å². The van der Waals surface area contributed by atoms with Crippen molar-refractivity contribution in [3.05, 3.63) is 71.1 Å². The maximum atomic E-state index is 9.71. The Morgan fingerprint density at radius 3 is 2.74 bits per heavy atom. The molecule has 3 heterocycles. The first-order valence-corrected chi connectivity index (χ1v) is 8.37. The second-order valence-corrected chi connectivity index (χ2v) is 6.22. The molecule has 7 nitrogen and oxygen atoms in total. The Hall–Kier alpha value is -3.92. The highest BCUT2D eigenvalue weighted by Crippen LogP contribution is 2.46. The minimum absolute atomic E-state index is 0.0718. The van der Waals surface area contributed by atoms with Gasteiger partial charge in [-0.25, -0.2) is 0 Å². The number of aromatic amines is 1. The number of hydrogen-bond donors (Lipinski definition) is 2. The number of H-pyrrole nitrogens is 1. The third kappa shape index (κ3) is 2.31. The Bertz CT molecular complexity index is 1110. The molecular formula is C20H14N4O3. The number of benzene rings is 2. The molecule has 0 radical (unpaired) electrons. The van der Waals surface area contributed by atoms with Gasteiger partial charge in [-0.15, -0.1) is 5.10 Å². The van der Waals surface area contributed by atoms with Gasteiger partial charge in [0.15, 0.2) is 11.5 Å². The van der Waals surface area contributed by atoms with Crippen LogP contribution in [0.1, 0.15) is 17.0 Å². The molecule has 0 saturated heterocycles.